The Hall–Kier alpha value is -0.810. The Morgan fingerprint density at radius 3 is 2.19 bits per heavy atom. The molecular weight excluding hydrogens is 322 g/mol. The number of piperidine rings is 2. The van der Waals surface area contributed by atoms with Gasteiger partial charge in [0.05, 0.1) is 0 Å². The molecule has 5 heteroatoms. The van der Waals surface area contributed by atoms with Gasteiger partial charge >= 0.3 is 0 Å². The number of nitrogens with zero attached hydrogens (tertiary/aromatic N) is 4. The van der Waals surface area contributed by atoms with Gasteiger partial charge in [0.25, 0.3) is 0 Å². The highest BCUT2D eigenvalue weighted by atomic mass is 15.3. The van der Waals surface area contributed by atoms with Gasteiger partial charge in [-0.25, -0.2) is 0 Å². The molecule has 0 unspecified atom stereocenters. The molecule has 3 aliphatic heterocycles. The van der Waals surface area contributed by atoms with Crippen LogP contribution in [0.4, 0.5) is 0 Å². The zero-order valence-corrected chi connectivity index (χ0v) is 17.1. The van der Waals surface area contributed by atoms with Crippen LogP contribution in [0.5, 0.6) is 0 Å². The maximum absolute atomic E-state index is 4.67. The first-order valence-corrected chi connectivity index (χ1v) is 11.0. The van der Waals surface area contributed by atoms with Gasteiger partial charge in [0, 0.05) is 32.2 Å². The Balaban J connectivity index is 1.40. The fourth-order valence-corrected chi connectivity index (χ4v) is 5.78. The third-order valence-electron chi connectivity index (χ3n) is 7.88. The van der Waals surface area contributed by atoms with E-state index in [1.165, 1.54) is 97.1 Å². The molecule has 26 heavy (non-hydrogen) atoms. The predicted molar refractivity (Wildman–Crippen MR) is 109 cm³/mol. The summed E-state index contributed by atoms with van der Waals surface area (Å²) in [4.78, 5) is 12.5. The van der Waals surface area contributed by atoms with Crippen LogP contribution in [0.3, 0.4) is 0 Å². The van der Waals surface area contributed by atoms with Crippen LogP contribution in [0.1, 0.15) is 57.8 Å². The van der Waals surface area contributed by atoms with Crippen LogP contribution in [0, 0.1) is 5.41 Å². The van der Waals surface area contributed by atoms with Gasteiger partial charge in [-0.1, -0.05) is 12.8 Å². The first kappa shape index (κ1) is 18.5. The van der Waals surface area contributed by atoms with Crippen molar-refractivity contribution in [2.75, 3.05) is 59.9 Å². The number of hydrogen-bond donors (Lipinski definition) is 1. The summed E-state index contributed by atoms with van der Waals surface area (Å²) in [7, 11) is 4.24. The van der Waals surface area contributed by atoms with E-state index in [1.54, 1.807) is 0 Å². The molecule has 3 heterocycles. The zero-order valence-electron chi connectivity index (χ0n) is 17.1. The van der Waals surface area contributed by atoms with Crippen molar-refractivity contribution in [3.8, 4) is 0 Å². The van der Waals surface area contributed by atoms with Gasteiger partial charge < -0.3 is 15.1 Å². The topological polar surface area (TPSA) is 34.1 Å². The molecule has 0 amide bonds. The Morgan fingerprint density at radius 2 is 1.62 bits per heavy atom. The van der Waals surface area contributed by atoms with Crippen LogP contribution >= 0.6 is 0 Å². The molecule has 4 aliphatic rings. The molecule has 0 atom stereocenters. The Kier molecular flexibility index (Phi) is 5.47. The van der Waals surface area contributed by atoms with Crippen LogP contribution in [-0.4, -0.2) is 86.1 Å². The van der Waals surface area contributed by atoms with Crippen LogP contribution in [0.25, 0.3) is 0 Å². The lowest BCUT2D eigenvalue weighted by Crippen LogP contribution is -2.62. The fraction of sp³-hybridized carbons (Fsp3) is 0.952. The lowest BCUT2D eigenvalue weighted by molar-refractivity contribution is 0.0169. The number of nitrogens with one attached hydrogen (secondary N) is 1. The van der Waals surface area contributed by atoms with Crippen molar-refractivity contribution in [2.24, 2.45) is 10.4 Å². The average molecular weight is 362 g/mol. The molecule has 4 rings (SSSR count). The Morgan fingerprint density at radius 1 is 0.885 bits per heavy atom. The van der Waals surface area contributed by atoms with Crippen molar-refractivity contribution in [1.29, 1.82) is 0 Å². The highest BCUT2D eigenvalue weighted by Gasteiger charge is 2.44. The molecule has 0 bridgehead atoms. The minimum Gasteiger partial charge on any atom is -0.354 e. The van der Waals surface area contributed by atoms with Crippen molar-refractivity contribution in [2.45, 2.75) is 63.3 Å². The lowest BCUT2D eigenvalue weighted by Gasteiger charge is -2.50. The number of aliphatic imine (C=N–C) groups is 1. The van der Waals surface area contributed by atoms with Gasteiger partial charge in [-0.2, -0.15) is 0 Å². The van der Waals surface area contributed by atoms with E-state index in [0.717, 1.165) is 12.5 Å². The second-order valence-corrected chi connectivity index (χ2v) is 9.50. The van der Waals surface area contributed by atoms with E-state index in [0.29, 0.717) is 11.0 Å². The molecule has 4 fully saturated rings. The smallest absolute Gasteiger partial charge is 0.193 e. The molecule has 1 aliphatic carbocycles. The van der Waals surface area contributed by atoms with Crippen molar-refractivity contribution in [1.82, 2.24) is 20.0 Å². The molecule has 1 spiro atoms. The third-order valence-corrected chi connectivity index (χ3v) is 7.88. The molecule has 0 radical (unpaired) electrons. The van der Waals surface area contributed by atoms with Crippen LogP contribution < -0.4 is 5.32 Å². The highest BCUT2D eigenvalue weighted by molar-refractivity contribution is 5.80. The maximum Gasteiger partial charge on any atom is 0.193 e. The first-order valence-electron chi connectivity index (χ1n) is 11.0. The SMILES string of the molecule is CN=C(NCC1(N2CCCCC2)CCN(C)CC1)N1CCC2(CCC2)C1. The van der Waals surface area contributed by atoms with E-state index < -0.39 is 0 Å². The largest absolute Gasteiger partial charge is 0.354 e. The van der Waals surface area contributed by atoms with Crippen LogP contribution in [0.15, 0.2) is 4.99 Å². The number of rotatable bonds is 3. The first-order chi connectivity index (χ1) is 12.6. The second kappa shape index (κ2) is 7.67. The number of likely N-dealkylation sites (tertiary alicyclic amines) is 3. The molecule has 5 nitrogen and oxygen atoms in total. The summed E-state index contributed by atoms with van der Waals surface area (Å²) >= 11 is 0. The molecule has 0 aromatic carbocycles. The monoisotopic (exact) mass is 361 g/mol. The van der Waals surface area contributed by atoms with Gasteiger partial charge in [-0.05, 0) is 83.6 Å². The molecule has 148 valence electrons. The summed E-state index contributed by atoms with van der Waals surface area (Å²) in [5, 5.41) is 3.84. The molecule has 0 aromatic rings. The molecule has 1 N–H and O–H groups in total. The van der Waals surface area contributed by atoms with Crippen molar-refractivity contribution in [3.05, 3.63) is 0 Å². The van der Waals surface area contributed by atoms with Crippen molar-refractivity contribution >= 4 is 5.96 Å². The predicted octanol–water partition coefficient (Wildman–Crippen LogP) is 2.39. The second-order valence-electron chi connectivity index (χ2n) is 9.50. The van der Waals surface area contributed by atoms with Crippen LogP contribution in [0.2, 0.25) is 0 Å². The van der Waals surface area contributed by atoms with Gasteiger partial charge in [-0.15, -0.1) is 0 Å². The summed E-state index contributed by atoms with van der Waals surface area (Å²) in [6.45, 7) is 8.52. The van der Waals surface area contributed by atoms with Crippen LogP contribution in [-0.2, 0) is 0 Å². The molecule has 1 saturated carbocycles. The summed E-state index contributed by atoms with van der Waals surface area (Å²) in [5.74, 6) is 1.16. The molecule has 0 aromatic heterocycles. The normalized spacial score (nSPS) is 29.8. The summed E-state index contributed by atoms with van der Waals surface area (Å²) < 4.78 is 0. The van der Waals surface area contributed by atoms with E-state index in [2.05, 4.69) is 32.1 Å². The Labute approximate surface area is 160 Å². The summed E-state index contributed by atoms with van der Waals surface area (Å²) in [6.07, 6.45) is 12.4. The standard InChI is InChI=1S/C21H39N5/c1-22-19(25-16-9-20(18-25)7-6-8-20)23-17-21(10-14-24(2)15-11-21)26-12-4-3-5-13-26/h3-18H2,1-2H3,(H,22,23). The van der Waals surface area contributed by atoms with Crippen molar-refractivity contribution < 1.29 is 0 Å². The van der Waals surface area contributed by atoms with E-state index >= 15 is 0 Å². The van der Waals surface area contributed by atoms with Gasteiger partial charge in [0.15, 0.2) is 5.96 Å². The highest BCUT2D eigenvalue weighted by Crippen LogP contribution is 2.47. The molecular formula is C21H39N5. The van der Waals surface area contributed by atoms with E-state index in [1.807, 2.05) is 7.05 Å². The lowest BCUT2D eigenvalue weighted by atomic mass is 9.68. The summed E-state index contributed by atoms with van der Waals surface area (Å²) in [5.41, 5.74) is 0.965. The van der Waals surface area contributed by atoms with Gasteiger partial charge in [-0.3, -0.25) is 9.89 Å². The average Bonchev–Trinajstić information content (AvgIpc) is 3.11. The van der Waals surface area contributed by atoms with E-state index in [4.69, 9.17) is 0 Å². The number of hydrogen-bond acceptors (Lipinski definition) is 3. The quantitative estimate of drug-likeness (QED) is 0.618. The van der Waals surface area contributed by atoms with E-state index in [9.17, 15) is 0 Å². The Bertz CT molecular complexity index is 499. The minimum atomic E-state index is 0.330. The van der Waals surface area contributed by atoms with Crippen molar-refractivity contribution in [3.63, 3.8) is 0 Å². The van der Waals surface area contributed by atoms with E-state index in [-0.39, 0.29) is 0 Å². The zero-order chi connectivity index (χ0) is 18.0. The molecule has 3 saturated heterocycles. The maximum atomic E-state index is 4.67. The fourth-order valence-electron chi connectivity index (χ4n) is 5.78. The van der Waals surface area contributed by atoms with Gasteiger partial charge in [0.1, 0.15) is 0 Å². The third kappa shape index (κ3) is 3.62. The minimum absolute atomic E-state index is 0.330. The van der Waals surface area contributed by atoms with Gasteiger partial charge in [0.2, 0.25) is 0 Å². The number of guanidine groups is 1. The summed E-state index contributed by atoms with van der Waals surface area (Å²) in [6, 6.07) is 0.